The second-order valence-electron chi connectivity index (χ2n) is 4.88. The number of benzene rings is 2. The molecule has 104 valence electrons. The molecule has 21 heavy (non-hydrogen) atoms. The van der Waals surface area contributed by atoms with Crippen LogP contribution in [0, 0.1) is 6.92 Å². The van der Waals surface area contributed by atoms with E-state index < -0.39 is 0 Å². The van der Waals surface area contributed by atoms with Gasteiger partial charge in [-0.15, -0.1) is 12.6 Å². The molecule has 0 unspecified atom stereocenters. The van der Waals surface area contributed by atoms with Gasteiger partial charge in [0, 0.05) is 4.90 Å². The Morgan fingerprint density at radius 3 is 2.67 bits per heavy atom. The quantitative estimate of drug-likeness (QED) is 0.486. The summed E-state index contributed by atoms with van der Waals surface area (Å²) in [5.41, 5.74) is 5.09. The summed E-state index contributed by atoms with van der Waals surface area (Å²) in [6.45, 7) is 2.07. The maximum Gasteiger partial charge on any atom is 0.174 e. The fourth-order valence-corrected chi connectivity index (χ4v) is 3.33. The van der Waals surface area contributed by atoms with Gasteiger partial charge in [-0.1, -0.05) is 12.1 Å². The van der Waals surface area contributed by atoms with Gasteiger partial charge >= 0.3 is 0 Å². The van der Waals surface area contributed by atoms with Crippen molar-refractivity contribution in [2.24, 2.45) is 0 Å². The number of hydrogen-bond acceptors (Lipinski definition) is 4. The van der Waals surface area contributed by atoms with Crippen molar-refractivity contribution in [3.8, 4) is 0 Å². The fraction of sp³-hybridized carbons (Fsp3) is 0.0667. The number of para-hydroxylation sites is 1. The zero-order chi connectivity index (χ0) is 14.4. The van der Waals surface area contributed by atoms with Crippen molar-refractivity contribution in [2.75, 3.05) is 0 Å². The van der Waals surface area contributed by atoms with Gasteiger partial charge in [-0.25, -0.2) is 9.97 Å². The highest BCUT2D eigenvalue weighted by molar-refractivity contribution is 7.99. The summed E-state index contributed by atoms with van der Waals surface area (Å²) < 4.78 is 0. The Balaban J connectivity index is 1.73. The first kappa shape index (κ1) is 12.8. The van der Waals surface area contributed by atoms with E-state index in [9.17, 15) is 0 Å². The summed E-state index contributed by atoms with van der Waals surface area (Å²) in [4.78, 5) is 16.6. The van der Waals surface area contributed by atoms with E-state index in [0.29, 0.717) is 0 Å². The molecule has 2 aromatic heterocycles. The molecule has 0 amide bonds. The van der Waals surface area contributed by atoms with Crippen LogP contribution in [-0.2, 0) is 0 Å². The van der Waals surface area contributed by atoms with E-state index in [4.69, 9.17) is 0 Å². The van der Waals surface area contributed by atoms with E-state index in [1.807, 2.05) is 24.3 Å². The first-order valence-electron chi connectivity index (χ1n) is 6.51. The zero-order valence-corrected chi connectivity index (χ0v) is 12.9. The predicted octanol–water partition coefficient (Wildman–Crippen LogP) is 4.19. The molecule has 0 fully saturated rings. The summed E-state index contributed by atoms with van der Waals surface area (Å²) in [6.07, 6.45) is 0. The molecular weight excluding hydrogens is 300 g/mol. The Morgan fingerprint density at radius 2 is 1.81 bits per heavy atom. The minimum absolute atomic E-state index is 0.808. The molecule has 0 radical (unpaired) electrons. The van der Waals surface area contributed by atoms with E-state index in [1.165, 1.54) is 17.3 Å². The van der Waals surface area contributed by atoms with Crippen molar-refractivity contribution >= 4 is 46.5 Å². The summed E-state index contributed by atoms with van der Waals surface area (Å²) in [5, 5.41) is 1.64. The van der Waals surface area contributed by atoms with Crippen molar-refractivity contribution < 1.29 is 0 Å². The van der Waals surface area contributed by atoms with Crippen molar-refractivity contribution in [1.29, 1.82) is 0 Å². The van der Waals surface area contributed by atoms with Crippen LogP contribution < -0.4 is 0 Å². The topological polar surface area (TPSA) is 57.4 Å². The largest absolute Gasteiger partial charge is 0.333 e. The third-order valence-corrected chi connectivity index (χ3v) is 4.41. The molecule has 0 bridgehead atoms. The lowest BCUT2D eigenvalue weighted by molar-refractivity contribution is 1.03. The zero-order valence-electron chi connectivity index (χ0n) is 11.2. The lowest BCUT2D eigenvalue weighted by Gasteiger charge is -1.90. The molecule has 0 aliphatic rings. The number of hydrogen-bond donors (Lipinski definition) is 3. The van der Waals surface area contributed by atoms with Crippen LogP contribution in [0.3, 0.4) is 0 Å². The van der Waals surface area contributed by atoms with Gasteiger partial charge in [-0.3, -0.25) is 0 Å². The van der Waals surface area contributed by atoms with Crippen molar-refractivity contribution in [3.63, 3.8) is 0 Å². The highest BCUT2D eigenvalue weighted by Crippen LogP contribution is 2.29. The lowest BCUT2D eigenvalue weighted by atomic mass is 10.2. The number of nitrogens with zero attached hydrogens (tertiary/aromatic N) is 2. The van der Waals surface area contributed by atoms with Gasteiger partial charge in [0.1, 0.15) is 5.52 Å². The number of H-pyrrole nitrogens is 2. The smallest absolute Gasteiger partial charge is 0.174 e. The number of fused-ring (bicyclic) bond motifs is 2. The number of aromatic nitrogens is 4. The molecule has 0 atom stereocenters. The summed E-state index contributed by atoms with van der Waals surface area (Å²) in [7, 11) is 0. The Kier molecular flexibility index (Phi) is 2.94. The Hall–Kier alpha value is -1.92. The van der Waals surface area contributed by atoms with Crippen LogP contribution in [0.4, 0.5) is 0 Å². The molecule has 4 rings (SSSR count). The van der Waals surface area contributed by atoms with Gasteiger partial charge in [-0.05, 0) is 48.5 Å². The molecule has 2 heterocycles. The SMILES string of the molecule is Cc1ccc2nc(Sc3nc4c(S)cccc4[nH]3)[nH]c2c1. The average Bonchev–Trinajstić information content (AvgIpc) is 3.02. The Morgan fingerprint density at radius 1 is 1.00 bits per heavy atom. The van der Waals surface area contributed by atoms with Crippen LogP contribution in [0.2, 0.25) is 0 Å². The monoisotopic (exact) mass is 312 g/mol. The maximum atomic E-state index is 4.57. The van der Waals surface area contributed by atoms with Gasteiger partial charge in [0.15, 0.2) is 10.3 Å². The van der Waals surface area contributed by atoms with E-state index in [-0.39, 0.29) is 0 Å². The number of aryl methyl sites for hydroxylation is 1. The van der Waals surface area contributed by atoms with E-state index in [0.717, 1.165) is 37.3 Å². The van der Waals surface area contributed by atoms with Gasteiger partial charge < -0.3 is 9.97 Å². The molecule has 4 aromatic rings. The minimum atomic E-state index is 0.808. The van der Waals surface area contributed by atoms with Crippen molar-refractivity contribution in [2.45, 2.75) is 22.1 Å². The normalized spacial score (nSPS) is 11.5. The number of nitrogens with one attached hydrogen (secondary N) is 2. The Bertz CT molecular complexity index is 955. The van der Waals surface area contributed by atoms with Gasteiger partial charge in [0.25, 0.3) is 0 Å². The fourth-order valence-electron chi connectivity index (χ4n) is 2.28. The van der Waals surface area contributed by atoms with Gasteiger partial charge in [-0.2, -0.15) is 0 Å². The molecule has 2 aromatic carbocycles. The molecule has 6 heteroatoms. The van der Waals surface area contributed by atoms with Crippen LogP contribution in [0.5, 0.6) is 0 Å². The van der Waals surface area contributed by atoms with E-state index in [2.05, 4.69) is 51.6 Å². The van der Waals surface area contributed by atoms with E-state index in [1.54, 1.807) is 0 Å². The highest BCUT2D eigenvalue weighted by Gasteiger charge is 2.09. The number of imidazole rings is 2. The lowest BCUT2D eigenvalue weighted by Crippen LogP contribution is -1.77. The van der Waals surface area contributed by atoms with Gasteiger partial charge in [0.05, 0.1) is 16.6 Å². The first-order valence-corrected chi connectivity index (χ1v) is 7.77. The molecule has 0 spiro atoms. The summed E-state index contributed by atoms with van der Waals surface area (Å²) in [6, 6.07) is 12.1. The molecule has 0 aliphatic carbocycles. The molecule has 0 aliphatic heterocycles. The second kappa shape index (κ2) is 4.82. The average molecular weight is 312 g/mol. The number of thiol groups is 1. The van der Waals surface area contributed by atoms with E-state index >= 15 is 0 Å². The van der Waals surface area contributed by atoms with Crippen LogP contribution in [-0.4, -0.2) is 19.9 Å². The minimum Gasteiger partial charge on any atom is -0.333 e. The van der Waals surface area contributed by atoms with Crippen LogP contribution in [0.15, 0.2) is 51.6 Å². The van der Waals surface area contributed by atoms with Crippen LogP contribution in [0.1, 0.15) is 5.56 Å². The molecule has 2 N–H and O–H groups in total. The van der Waals surface area contributed by atoms with Gasteiger partial charge in [0.2, 0.25) is 0 Å². The maximum absolute atomic E-state index is 4.57. The molecular formula is C15H12N4S2. The van der Waals surface area contributed by atoms with Crippen molar-refractivity contribution in [3.05, 3.63) is 42.0 Å². The van der Waals surface area contributed by atoms with Crippen LogP contribution >= 0.6 is 24.4 Å². The molecule has 0 saturated carbocycles. The summed E-state index contributed by atoms with van der Waals surface area (Å²) in [5.74, 6) is 0. The number of rotatable bonds is 2. The summed E-state index contributed by atoms with van der Waals surface area (Å²) >= 11 is 5.91. The third-order valence-electron chi connectivity index (χ3n) is 3.28. The third kappa shape index (κ3) is 2.30. The highest BCUT2D eigenvalue weighted by atomic mass is 32.2. The predicted molar refractivity (Wildman–Crippen MR) is 88.3 cm³/mol. The second-order valence-corrected chi connectivity index (χ2v) is 6.34. The number of aromatic amines is 2. The van der Waals surface area contributed by atoms with Crippen molar-refractivity contribution in [1.82, 2.24) is 19.9 Å². The first-order chi connectivity index (χ1) is 10.2. The molecule has 4 nitrogen and oxygen atoms in total. The standard InChI is InChI=1S/C15H12N4S2/c1-8-5-6-9-11(7-8)18-14(16-9)21-15-17-10-3-2-4-12(20)13(10)19-15/h2-7,20H,1H3,(H,16,18)(H,17,19). The Labute approximate surface area is 130 Å². The molecule has 0 saturated heterocycles. The van der Waals surface area contributed by atoms with Crippen LogP contribution in [0.25, 0.3) is 22.1 Å².